The van der Waals surface area contributed by atoms with Gasteiger partial charge in [0.05, 0.1) is 0 Å². The van der Waals surface area contributed by atoms with Crippen molar-refractivity contribution in [2.24, 2.45) is 5.73 Å². The molecular weight excluding hydrogens is 184 g/mol. The molecule has 0 aromatic heterocycles. The smallest absolute Gasteiger partial charge is 0.0446 e. The molecule has 3 N–H and O–H groups in total. The molecule has 1 aliphatic rings. The van der Waals surface area contributed by atoms with Crippen molar-refractivity contribution >= 4 is 0 Å². The van der Waals surface area contributed by atoms with Crippen LogP contribution in [-0.4, -0.2) is 12.6 Å². The van der Waals surface area contributed by atoms with Crippen LogP contribution in [-0.2, 0) is 6.42 Å². The lowest BCUT2D eigenvalue weighted by molar-refractivity contribution is 0.539. The van der Waals surface area contributed by atoms with Crippen molar-refractivity contribution in [1.82, 2.24) is 5.32 Å². The monoisotopic (exact) mass is 204 g/mol. The third-order valence-electron chi connectivity index (χ3n) is 3.04. The van der Waals surface area contributed by atoms with Gasteiger partial charge in [-0.1, -0.05) is 31.2 Å². The molecule has 0 aliphatic heterocycles. The summed E-state index contributed by atoms with van der Waals surface area (Å²) >= 11 is 0. The summed E-state index contributed by atoms with van der Waals surface area (Å²) in [6.07, 6.45) is 3.72. The Morgan fingerprint density at radius 3 is 2.47 bits per heavy atom. The number of hydrogen-bond donors (Lipinski definition) is 2. The lowest BCUT2D eigenvalue weighted by Gasteiger charge is -2.17. The van der Waals surface area contributed by atoms with Gasteiger partial charge in [-0.05, 0) is 30.4 Å². The summed E-state index contributed by atoms with van der Waals surface area (Å²) in [4.78, 5) is 0. The first-order chi connectivity index (χ1) is 7.33. The van der Waals surface area contributed by atoms with Gasteiger partial charge < -0.3 is 11.1 Å². The van der Waals surface area contributed by atoms with Crippen LogP contribution < -0.4 is 11.1 Å². The highest BCUT2D eigenvalue weighted by atomic mass is 15.0. The Hall–Kier alpha value is -0.860. The zero-order chi connectivity index (χ0) is 10.7. The van der Waals surface area contributed by atoms with Crippen molar-refractivity contribution in [3.8, 4) is 0 Å². The highest BCUT2D eigenvalue weighted by Crippen LogP contribution is 2.23. The molecule has 1 fully saturated rings. The van der Waals surface area contributed by atoms with E-state index < -0.39 is 0 Å². The Balaban J connectivity index is 2.03. The standard InChI is InChI=1S/C13H20N2/c1-2-10-3-5-11(6-4-10)13(9-14)15-12-7-8-12/h3-6,12-13,15H,2,7-9,14H2,1H3. The molecule has 0 heterocycles. The summed E-state index contributed by atoms with van der Waals surface area (Å²) in [5.74, 6) is 0. The Morgan fingerprint density at radius 2 is 2.00 bits per heavy atom. The Bertz CT molecular complexity index is 301. The average Bonchev–Trinajstić information content (AvgIpc) is 3.10. The predicted molar refractivity (Wildman–Crippen MR) is 63.8 cm³/mol. The largest absolute Gasteiger partial charge is 0.329 e. The first kappa shape index (κ1) is 10.7. The maximum absolute atomic E-state index is 5.79. The highest BCUT2D eigenvalue weighted by Gasteiger charge is 2.24. The zero-order valence-corrected chi connectivity index (χ0v) is 9.37. The molecule has 0 radical (unpaired) electrons. The van der Waals surface area contributed by atoms with Crippen molar-refractivity contribution in [2.45, 2.75) is 38.3 Å². The fourth-order valence-electron chi connectivity index (χ4n) is 1.82. The lowest BCUT2D eigenvalue weighted by Crippen LogP contribution is -2.29. The fourth-order valence-corrected chi connectivity index (χ4v) is 1.82. The van der Waals surface area contributed by atoms with Gasteiger partial charge in [-0.2, -0.15) is 0 Å². The molecule has 2 rings (SSSR count). The summed E-state index contributed by atoms with van der Waals surface area (Å²) in [7, 11) is 0. The van der Waals surface area contributed by atoms with Crippen LogP contribution in [0.2, 0.25) is 0 Å². The summed E-state index contributed by atoms with van der Waals surface area (Å²) in [6.45, 7) is 2.86. The minimum atomic E-state index is 0.336. The van der Waals surface area contributed by atoms with E-state index in [1.54, 1.807) is 0 Å². The van der Waals surface area contributed by atoms with E-state index in [0.29, 0.717) is 18.6 Å². The van der Waals surface area contributed by atoms with E-state index >= 15 is 0 Å². The molecule has 0 bridgehead atoms. The molecule has 1 aliphatic carbocycles. The van der Waals surface area contributed by atoms with Crippen molar-refractivity contribution < 1.29 is 0 Å². The number of rotatable bonds is 5. The first-order valence-corrected chi connectivity index (χ1v) is 5.88. The number of nitrogens with two attached hydrogens (primary N) is 1. The third-order valence-corrected chi connectivity index (χ3v) is 3.04. The lowest BCUT2D eigenvalue weighted by atomic mass is 10.0. The Morgan fingerprint density at radius 1 is 1.33 bits per heavy atom. The van der Waals surface area contributed by atoms with Crippen molar-refractivity contribution in [2.75, 3.05) is 6.54 Å². The summed E-state index contributed by atoms with van der Waals surface area (Å²) < 4.78 is 0. The van der Waals surface area contributed by atoms with E-state index in [1.807, 2.05) is 0 Å². The molecule has 1 aromatic rings. The molecule has 0 spiro atoms. The number of aryl methyl sites for hydroxylation is 1. The van der Waals surface area contributed by atoms with Gasteiger partial charge >= 0.3 is 0 Å². The van der Waals surface area contributed by atoms with E-state index in [1.165, 1.54) is 24.0 Å². The molecule has 1 atom stereocenters. The van der Waals surface area contributed by atoms with Crippen LogP contribution in [0, 0.1) is 0 Å². The topological polar surface area (TPSA) is 38.0 Å². The highest BCUT2D eigenvalue weighted by molar-refractivity contribution is 5.25. The van der Waals surface area contributed by atoms with Crippen molar-refractivity contribution in [3.05, 3.63) is 35.4 Å². The van der Waals surface area contributed by atoms with Gasteiger partial charge in [-0.3, -0.25) is 0 Å². The average molecular weight is 204 g/mol. The molecule has 1 aromatic carbocycles. The molecule has 0 saturated heterocycles. The van der Waals surface area contributed by atoms with Gasteiger partial charge in [0.2, 0.25) is 0 Å². The van der Waals surface area contributed by atoms with Crippen LogP contribution in [0.25, 0.3) is 0 Å². The van der Waals surface area contributed by atoms with Gasteiger partial charge in [0, 0.05) is 18.6 Å². The van der Waals surface area contributed by atoms with Crippen LogP contribution in [0.15, 0.2) is 24.3 Å². The van der Waals surface area contributed by atoms with E-state index in [4.69, 9.17) is 5.73 Å². The second-order valence-electron chi connectivity index (χ2n) is 4.32. The molecule has 1 saturated carbocycles. The van der Waals surface area contributed by atoms with Gasteiger partial charge in [0.1, 0.15) is 0 Å². The van der Waals surface area contributed by atoms with Crippen LogP contribution in [0.1, 0.15) is 36.9 Å². The zero-order valence-electron chi connectivity index (χ0n) is 9.37. The van der Waals surface area contributed by atoms with Crippen molar-refractivity contribution in [3.63, 3.8) is 0 Å². The van der Waals surface area contributed by atoms with Gasteiger partial charge in [0.25, 0.3) is 0 Å². The van der Waals surface area contributed by atoms with Crippen LogP contribution in [0.4, 0.5) is 0 Å². The normalized spacial score (nSPS) is 17.7. The second kappa shape index (κ2) is 4.77. The number of nitrogens with one attached hydrogen (secondary N) is 1. The van der Waals surface area contributed by atoms with Gasteiger partial charge in [-0.15, -0.1) is 0 Å². The molecule has 0 amide bonds. The summed E-state index contributed by atoms with van der Waals surface area (Å²) in [6, 6.07) is 9.85. The number of benzene rings is 1. The minimum absolute atomic E-state index is 0.336. The Labute approximate surface area is 91.9 Å². The molecule has 2 nitrogen and oxygen atoms in total. The number of hydrogen-bond acceptors (Lipinski definition) is 2. The molecular formula is C13H20N2. The van der Waals surface area contributed by atoms with Crippen LogP contribution in [0.3, 0.4) is 0 Å². The van der Waals surface area contributed by atoms with E-state index in [-0.39, 0.29) is 0 Å². The molecule has 15 heavy (non-hydrogen) atoms. The minimum Gasteiger partial charge on any atom is -0.329 e. The second-order valence-corrected chi connectivity index (χ2v) is 4.32. The maximum Gasteiger partial charge on any atom is 0.0446 e. The molecule has 82 valence electrons. The van der Waals surface area contributed by atoms with E-state index in [0.717, 1.165) is 6.42 Å². The SMILES string of the molecule is CCc1ccc(C(CN)NC2CC2)cc1. The van der Waals surface area contributed by atoms with E-state index in [9.17, 15) is 0 Å². The van der Waals surface area contributed by atoms with Gasteiger partial charge in [0.15, 0.2) is 0 Å². The fraction of sp³-hybridized carbons (Fsp3) is 0.538. The Kier molecular flexibility index (Phi) is 3.39. The molecule has 1 unspecified atom stereocenters. The van der Waals surface area contributed by atoms with Crippen molar-refractivity contribution in [1.29, 1.82) is 0 Å². The van der Waals surface area contributed by atoms with Crippen LogP contribution >= 0.6 is 0 Å². The quantitative estimate of drug-likeness (QED) is 0.770. The van der Waals surface area contributed by atoms with Crippen LogP contribution in [0.5, 0.6) is 0 Å². The predicted octanol–water partition coefficient (Wildman–Crippen LogP) is 2.00. The van der Waals surface area contributed by atoms with E-state index in [2.05, 4.69) is 36.5 Å². The molecule has 2 heteroatoms. The first-order valence-electron chi connectivity index (χ1n) is 5.88. The maximum atomic E-state index is 5.79. The summed E-state index contributed by atoms with van der Waals surface area (Å²) in [5.41, 5.74) is 8.50. The van der Waals surface area contributed by atoms with Gasteiger partial charge in [-0.25, -0.2) is 0 Å². The third kappa shape index (κ3) is 2.80. The summed E-state index contributed by atoms with van der Waals surface area (Å²) in [5, 5.41) is 3.57.